The Balaban J connectivity index is 2.23. The summed E-state index contributed by atoms with van der Waals surface area (Å²) >= 11 is 5.62. The number of hydrogen-bond donors (Lipinski definition) is 3. The lowest BCUT2D eigenvalue weighted by Crippen LogP contribution is -2.29. The molecule has 0 aliphatic carbocycles. The first-order chi connectivity index (χ1) is 10.1. The molecule has 21 heavy (non-hydrogen) atoms. The number of benzene rings is 2. The second kappa shape index (κ2) is 7.13. The Morgan fingerprint density at radius 1 is 1.14 bits per heavy atom. The van der Waals surface area contributed by atoms with Gasteiger partial charge in [0.05, 0.1) is 5.88 Å². The van der Waals surface area contributed by atoms with Crippen molar-refractivity contribution in [2.24, 2.45) is 10.7 Å². The summed E-state index contributed by atoms with van der Waals surface area (Å²) < 4.78 is 5.72. The summed E-state index contributed by atoms with van der Waals surface area (Å²) in [5, 5.41) is 18.1. The van der Waals surface area contributed by atoms with Crippen LogP contribution in [0.4, 0.5) is 5.69 Å². The zero-order valence-corrected chi connectivity index (χ0v) is 11.9. The van der Waals surface area contributed by atoms with Crippen molar-refractivity contribution in [2.45, 2.75) is 0 Å². The summed E-state index contributed by atoms with van der Waals surface area (Å²) in [7, 11) is -1.50. The van der Waals surface area contributed by atoms with Gasteiger partial charge in [-0.25, -0.2) is 4.99 Å². The fourth-order valence-corrected chi connectivity index (χ4v) is 1.72. The maximum atomic E-state index is 9.05. The Morgan fingerprint density at radius 3 is 2.43 bits per heavy atom. The number of para-hydroxylation sites is 2. The molecule has 0 aliphatic heterocycles. The zero-order chi connectivity index (χ0) is 15.2. The Kier molecular flexibility index (Phi) is 5.22. The van der Waals surface area contributed by atoms with Crippen molar-refractivity contribution in [3.63, 3.8) is 0 Å². The number of ether oxygens (including phenoxy) is 1. The van der Waals surface area contributed by atoms with E-state index in [9.17, 15) is 0 Å². The molecule has 2 aromatic rings. The molecule has 0 radical (unpaired) electrons. The third-order valence-corrected chi connectivity index (χ3v) is 2.95. The van der Waals surface area contributed by atoms with Gasteiger partial charge in [0.2, 0.25) is 0 Å². The van der Waals surface area contributed by atoms with Crippen molar-refractivity contribution < 1.29 is 14.8 Å². The lowest BCUT2D eigenvalue weighted by molar-refractivity contribution is 0.425. The largest absolute Gasteiger partial charge is 0.488 e. The molecule has 0 bridgehead atoms. The number of amidine groups is 1. The molecule has 7 heteroatoms. The van der Waals surface area contributed by atoms with Crippen molar-refractivity contribution in [1.29, 1.82) is 0 Å². The summed E-state index contributed by atoms with van der Waals surface area (Å²) in [6.45, 7) is 0. The Labute approximate surface area is 127 Å². The number of halogens is 1. The summed E-state index contributed by atoms with van der Waals surface area (Å²) in [6.07, 6.45) is 0. The van der Waals surface area contributed by atoms with E-state index in [1.165, 1.54) is 0 Å². The van der Waals surface area contributed by atoms with Crippen LogP contribution in [0.25, 0.3) is 0 Å². The van der Waals surface area contributed by atoms with Crippen LogP contribution in [0, 0.1) is 0 Å². The molecule has 0 spiro atoms. The van der Waals surface area contributed by atoms with E-state index in [-0.39, 0.29) is 5.88 Å². The van der Waals surface area contributed by atoms with Gasteiger partial charge in [0.25, 0.3) is 0 Å². The normalized spacial score (nSPS) is 11.3. The monoisotopic (exact) mass is 304 g/mol. The van der Waals surface area contributed by atoms with Crippen LogP contribution in [0.2, 0.25) is 0 Å². The van der Waals surface area contributed by atoms with E-state index in [0.717, 1.165) is 0 Å². The van der Waals surface area contributed by atoms with Crippen molar-refractivity contribution in [2.75, 3.05) is 5.88 Å². The van der Waals surface area contributed by atoms with E-state index in [1.807, 2.05) is 12.1 Å². The Bertz CT molecular complexity index is 632. The van der Waals surface area contributed by atoms with Crippen LogP contribution < -0.4 is 15.9 Å². The molecule has 0 unspecified atom stereocenters. The number of nitrogens with zero attached hydrogens (tertiary/aromatic N) is 1. The second-order valence-electron chi connectivity index (χ2n) is 4.25. The maximum Gasteiger partial charge on any atom is 0.488 e. The van der Waals surface area contributed by atoms with Crippen LogP contribution >= 0.6 is 11.6 Å². The van der Waals surface area contributed by atoms with Gasteiger partial charge in [-0.1, -0.05) is 24.3 Å². The number of alkyl halides is 1. The average molecular weight is 305 g/mol. The van der Waals surface area contributed by atoms with Gasteiger partial charge in [0.1, 0.15) is 17.3 Å². The van der Waals surface area contributed by atoms with Gasteiger partial charge in [-0.15, -0.1) is 11.6 Å². The first-order valence-electron chi connectivity index (χ1n) is 6.22. The third kappa shape index (κ3) is 4.22. The van der Waals surface area contributed by atoms with Gasteiger partial charge in [-0.05, 0) is 29.7 Å². The Hall–Kier alpha value is -2.02. The van der Waals surface area contributed by atoms with Gasteiger partial charge in [0.15, 0.2) is 5.75 Å². The van der Waals surface area contributed by atoms with Gasteiger partial charge in [-0.3, -0.25) is 0 Å². The highest BCUT2D eigenvalue weighted by Gasteiger charge is 2.10. The van der Waals surface area contributed by atoms with Crippen molar-refractivity contribution >= 4 is 35.7 Å². The summed E-state index contributed by atoms with van der Waals surface area (Å²) in [4.78, 5) is 4.18. The molecule has 0 saturated heterocycles. The van der Waals surface area contributed by atoms with E-state index in [2.05, 4.69) is 4.99 Å². The second-order valence-corrected chi connectivity index (χ2v) is 4.52. The number of aliphatic imine (C=N–C) groups is 1. The highest BCUT2D eigenvalue weighted by atomic mass is 35.5. The van der Waals surface area contributed by atoms with Gasteiger partial charge in [-0.2, -0.15) is 0 Å². The zero-order valence-electron chi connectivity index (χ0n) is 11.1. The molecule has 0 aromatic heterocycles. The minimum absolute atomic E-state index is 0.136. The van der Waals surface area contributed by atoms with E-state index in [4.69, 9.17) is 32.1 Å². The lowest BCUT2D eigenvalue weighted by Gasteiger charge is -2.09. The quantitative estimate of drug-likeness (QED) is 0.337. The summed E-state index contributed by atoms with van der Waals surface area (Å²) in [5.74, 6) is 1.51. The average Bonchev–Trinajstić information content (AvgIpc) is 2.49. The lowest BCUT2D eigenvalue weighted by atomic mass is 9.80. The molecule has 108 valence electrons. The molecule has 0 saturated carbocycles. The van der Waals surface area contributed by atoms with Crippen molar-refractivity contribution in [1.82, 2.24) is 0 Å². The first kappa shape index (κ1) is 15.4. The van der Waals surface area contributed by atoms with Crippen LogP contribution in [-0.2, 0) is 0 Å². The van der Waals surface area contributed by atoms with Crippen LogP contribution in [-0.4, -0.2) is 28.9 Å². The smallest absolute Gasteiger partial charge is 0.455 e. The summed E-state index contributed by atoms with van der Waals surface area (Å²) in [6, 6.07) is 13.6. The number of rotatable bonds is 5. The minimum atomic E-state index is -1.50. The van der Waals surface area contributed by atoms with Crippen LogP contribution in [0.1, 0.15) is 0 Å². The molecule has 2 rings (SSSR count). The predicted octanol–water partition coefficient (Wildman–Crippen LogP) is 1.39. The molecule has 0 heterocycles. The van der Waals surface area contributed by atoms with E-state index in [1.54, 1.807) is 36.4 Å². The van der Waals surface area contributed by atoms with Gasteiger partial charge < -0.3 is 20.5 Å². The Morgan fingerprint density at radius 2 is 1.81 bits per heavy atom. The third-order valence-electron chi connectivity index (χ3n) is 2.67. The SMILES string of the molecule is NC(CCl)=Nc1ccccc1Oc1ccc(B(O)O)cc1. The fourth-order valence-electron chi connectivity index (χ4n) is 1.66. The molecule has 0 fully saturated rings. The van der Waals surface area contributed by atoms with Crippen molar-refractivity contribution in [3.05, 3.63) is 48.5 Å². The molecular formula is C14H14BClN2O3. The van der Waals surface area contributed by atoms with E-state index >= 15 is 0 Å². The van der Waals surface area contributed by atoms with Crippen LogP contribution in [0.5, 0.6) is 11.5 Å². The summed E-state index contributed by atoms with van der Waals surface area (Å²) in [5.41, 5.74) is 6.59. The minimum Gasteiger partial charge on any atom is -0.455 e. The van der Waals surface area contributed by atoms with Crippen LogP contribution in [0.15, 0.2) is 53.5 Å². The van der Waals surface area contributed by atoms with E-state index < -0.39 is 7.12 Å². The highest BCUT2D eigenvalue weighted by Crippen LogP contribution is 2.31. The molecule has 0 amide bonds. The first-order valence-corrected chi connectivity index (χ1v) is 6.75. The van der Waals surface area contributed by atoms with Gasteiger partial charge >= 0.3 is 7.12 Å². The molecule has 0 atom stereocenters. The standard InChI is InChI=1S/C14H14BClN2O3/c16-9-14(17)18-12-3-1-2-4-13(12)21-11-7-5-10(6-8-11)15(19)20/h1-8,19-20H,9H2,(H2,17,18). The molecule has 5 nitrogen and oxygen atoms in total. The predicted molar refractivity (Wildman–Crippen MR) is 84.8 cm³/mol. The number of nitrogens with two attached hydrogens (primary N) is 1. The maximum absolute atomic E-state index is 9.05. The van der Waals surface area contributed by atoms with Crippen LogP contribution in [0.3, 0.4) is 0 Å². The highest BCUT2D eigenvalue weighted by molar-refractivity contribution is 6.58. The molecule has 2 aromatic carbocycles. The van der Waals surface area contributed by atoms with E-state index in [0.29, 0.717) is 28.5 Å². The fraction of sp³-hybridized carbons (Fsp3) is 0.0714. The molecule has 0 aliphatic rings. The molecular weight excluding hydrogens is 290 g/mol. The van der Waals surface area contributed by atoms with Gasteiger partial charge in [0, 0.05) is 0 Å². The van der Waals surface area contributed by atoms with Crippen molar-refractivity contribution in [3.8, 4) is 11.5 Å². The number of hydrogen-bond acceptors (Lipinski definition) is 4. The topological polar surface area (TPSA) is 88.1 Å². The molecule has 4 N–H and O–H groups in total.